The van der Waals surface area contributed by atoms with Gasteiger partial charge in [-0.2, -0.15) is 0 Å². The van der Waals surface area contributed by atoms with Crippen LogP contribution in [-0.2, 0) is 4.74 Å². The summed E-state index contributed by atoms with van der Waals surface area (Å²) < 4.78 is 4.97. The van der Waals surface area contributed by atoms with E-state index in [1.54, 1.807) is 7.11 Å². The lowest BCUT2D eigenvalue weighted by atomic mass is 10.1. The standard InChI is InChI=1S/C11H25NO/c1-11(2)7-6-9-12-8-4-5-10-13-3/h11-12H,4-10H2,1-3H3. The fraction of sp³-hybridized carbons (Fsp3) is 1.00. The fourth-order valence-corrected chi connectivity index (χ4v) is 1.26. The molecule has 0 aromatic carbocycles. The Balaban J connectivity index is 2.84. The number of hydrogen-bond donors (Lipinski definition) is 1. The first-order valence-electron chi connectivity index (χ1n) is 5.47. The number of rotatable bonds is 9. The first-order chi connectivity index (χ1) is 6.27. The van der Waals surface area contributed by atoms with Gasteiger partial charge in [-0.1, -0.05) is 13.8 Å². The molecule has 0 saturated carbocycles. The van der Waals surface area contributed by atoms with Crippen LogP contribution in [0.5, 0.6) is 0 Å². The second-order valence-electron chi connectivity index (χ2n) is 3.99. The van der Waals surface area contributed by atoms with Crippen LogP contribution in [0.4, 0.5) is 0 Å². The number of unbranched alkanes of at least 4 members (excludes halogenated alkanes) is 1. The molecule has 13 heavy (non-hydrogen) atoms. The van der Waals surface area contributed by atoms with Crippen molar-refractivity contribution in [2.24, 2.45) is 5.92 Å². The number of methoxy groups -OCH3 is 1. The Morgan fingerprint density at radius 2 is 1.77 bits per heavy atom. The van der Waals surface area contributed by atoms with E-state index in [9.17, 15) is 0 Å². The largest absolute Gasteiger partial charge is 0.385 e. The van der Waals surface area contributed by atoms with Crippen LogP contribution in [0.25, 0.3) is 0 Å². The molecular weight excluding hydrogens is 162 g/mol. The van der Waals surface area contributed by atoms with Gasteiger partial charge >= 0.3 is 0 Å². The molecule has 80 valence electrons. The molecule has 0 radical (unpaired) electrons. The Kier molecular flexibility index (Phi) is 9.94. The van der Waals surface area contributed by atoms with E-state index < -0.39 is 0 Å². The van der Waals surface area contributed by atoms with Crippen LogP contribution in [0, 0.1) is 5.92 Å². The molecule has 0 aliphatic rings. The zero-order valence-corrected chi connectivity index (χ0v) is 9.44. The number of hydrogen-bond acceptors (Lipinski definition) is 2. The summed E-state index contributed by atoms with van der Waals surface area (Å²) in [6.07, 6.45) is 5.05. The van der Waals surface area contributed by atoms with Crippen molar-refractivity contribution in [2.45, 2.75) is 39.5 Å². The third-order valence-electron chi connectivity index (χ3n) is 2.09. The third-order valence-corrected chi connectivity index (χ3v) is 2.09. The summed E-state index contributed by atoms with van der Waals surface area (Å²) in [4.78, 5) is 0. The highest BCUT2D eigenvalue weighted by Gasteiger charge is 1.93. The molecule has 0 heterocycles. The molecule has 2 nitrogen and oxygen atoms in total. The molecule has 0 amide bonds. The first-order valence-corrected chi connectivity index (χ1v) is 5.47. The summed E-state index contributed by atoms with van der Waals surface area (Å²) in [5.74, 6) is 0.843. The van der Waals surface area contributed by atoms with E-state index >= 15 is 0 Å². The van der Waals surface area contributed by atoms with Crippen LogP contribution in [0.1, 0.15) is 39.5 Å². The smallest absolute Gasteiger partial charge is 0.0462 e. The molecule has 0 aliphatic heterocycles. The van der Waals surface area contributed by atoms with Gasteiger partial charge in [-0.25, -0.2) is 0 Å². The van der Waals surface area contributed by atoms with Crippen LogP contribution in [0.3, 0.4) is 0 Å². The molecule has 0 spiro atoms. The number of nitrogens with one attached hydrogen (secondary N) is 1. The molecule has 0 saturated heterocycles. The number of ether oxygens (including phenoxy) is 1. The van der Waals surface area contributed by atoms with Crippen molar-refractivity contribution in [2.75, 3.05) is 26.8 Å². The maximum Gasteiger partial charge on any atom is 0.0462 e. The zero-order valence-electron chi connectivity index (χ0n) is 9.44. The summed E-state index contributed by atoms with van der Waals surface area (Å²) in [6.45, 7) is 7.76. The normalized spacial score (nSPS) is 11.1. The van der Waals surface area contributed by atoms with Crippen LogP contribution >= 0.6 is 0 Å². The van der Waals surface area contributed by atoms with Crippen LogP contribution in [-0.4, -0.2) is 26.8 Å². The highest BCUT2D eigenvalue weighted by Crippen LogP contribution is 2.01. The summed E-state index contributed by atoms with van der Waals surface area (Å²) >= 11 is 0. The van der Waals surface area contributed by atoms with E-state index in [1.807, 2.05) is 0 Å². The minimum Gasteiger partial charge on any atom is -0.385 e. The molecule has 0 aliphatic carbocycles. The fourth-order valence-electron chi connectivity index (χ4n) is 1.26. The second kappa shape index (κ2) is 10.0. The van der Waals surface area contributed by atoms with Crippen LogP contribution < -0.4 is 5.32 Å². The minimum atomic E-state index is 0.843. The summed E-state index contributed by atoms with van der Waals surface area (Å²) in [5.41, 5.74) is 0. The van der Waals surface area contributed by atoms with Crippen molar-refractivity contribution >= 4 is 0 Å². The average Bonchev–Trinajstić information content (AvgIpc) is 2.09. The van der Waals surface area contributed by atoms with Gasteiger partial charge in [0.1, 0.15) is 0 Å². The Morgan fingerprint density at radius 3 is 2.38 bits per heavy atom. The van der Waals surface area contributed by atoms with E-state index in [-0.39, 0.29) is 0 Å². The summed E-state index contributed by atoms with van der Waals surface area (Å²) in [7, 11) is 1.76. The van der Waals surface area contributed by atoms with E-state index in [1.165, 1.54) is 32.2 Å². The Bertz CT molecular complexity index is 94.1. The molecule has 0 unspecified atom stereocenters. The van der Waals surface area contributed by atoms with Gasteiger partial charge in [0.25, 0.3) is 0 Å². The maximum absolute atomic E-state index is 4.97. The van der Waals surface area contributed by atoms with Gasteiger partial charge in [0.05, 0.1) is 0 Å². The molecule has 0 fully saturated rings. The lowest BCUT2D eigenvalue weighted by molar-refractivity contribution is 0.192. The quantitative estimate of drug-likeness (QED) is 0.560. The molecule has 0 aromatic rings. The molecule has 0 aromatic heterocycles. The maximum atomic E-state index is 4.97. The van der Waals surface area contributed by atoms with E-state index in [2.05, 4.69) is 19.2 Å². The van der Waals surface area contributed by atoms with E-state index in [0.717, 1.165) is 19.1 Å². The van der Waals surface area contributed by atoms with Crippen molar-refractivity contribution in [1.82, 2.24) is 5.32 Å². The van der Waals surface area contributed by atoms with Gasteiger partial charge in [0.2, 0.25) is 0 Å². The Morgan fingerprint density at radius 1 is 1.08 bits per heavy atom. The van der Waals surface area contributed by atoms with Crippen LogP contribution in [0.2, 0.25) is 0 Å². The molecule has 0 atom stereocenters. The molecule has 2 heteroatoms. The Hall–Kier alpha value is -0.0800. The molecular formula is C11H25NO. The van der Waals surface area contributed by atoms with Crippen molar-refractivity contribution in [3.63, 3.8) is 0 Å². The summed E-state index contributed by atoms with van der Waals surface area (Å²) in [5, 5.41) is 3.44. The molecule has 1 N–H and O–H groups in total. The topological polar surface area (TPSA) is 21.3 Å². The van der Waals surface area contributed by atoms with E-state index in [4.69, 9.17) is 4.74 Å². The Labute approximate surface area is 83.1 Å². The first kappa shape index (κ1) is 12.9. The van der Waals surface area contributed by atoms with Gasteiger partial charge in [-0.05, 0) is 44.7 Å². The average molecular weight is 187 g/mol. The third kappa shape index (κ3) is 11.9. The summed E-state index contributed by atoms with van der Waals surface area (Å²) in [6, 6.07) is 0. The predicted molar refractivity (Wildman–Crippen MR) is 58.1 cm³/mol. The SMILES string of the molecule is COCCCCNCCCC(C)C. The van der Waals surface area contributed by atoms with Gasteiger partial charge < -0.3 is 10.1 Å². The van der Waals surface area contributed by atoms with E-state index in [0.29, 0.717) is 0 Å². The zero-order chi connectivity index (χ0) is 9.94. The van der Waals surface area contributed by atoms with Crippen molar-refractivity contribution < 1.29 is 4.74 Å². The molecule has 0 bridgehead atoms. The van der Waals surface area contributed by atoms with Crippen LogP contribution in [0.15, 0.2) is 0 Å². The van der Waals surface area contributed by atoms with Gasteiger partial charge in [-0.15, -0.1) is 0 Å². The monoisotopic (exact) mass is 187 g/mol. The second-order valence-corrected chi connectivity index (χ2v) is 3.99. The minimum absolute atomic E-state index is 0.843. The lowest BCUT2D eigenvalue weighted by Crippen LogP contribution is -2.17. The van der Waals surface area contributed by atoms with Crippen molar-refractivity contribution in [1.29, 1.82) is 0 Å². The highest BCUT2D eigenvalue weighted by atomic mass is 16.5. The van der Waals surface area contributed by atoms with Crippen molar-refractivity contribution in [3.05, 3.63) is 0 Å². The molecule has 0 rings (SSSR count). The van der Waals surface area contributed by atoms with Gasteiger partial charge in [0.15, 0.2) is 0 Å². The lowest BCUT2D eigenvalue weighted by Gasteiger charge is -2.06. The van der Waals surface area contributed by atoms with Crippen molar-refractivity contribution in [3.8, 4) is 0 Å². The predicted octanol–water partition coefficient (Wildman–Crippen LogP) is 2.44. The van der Waals surface area contributed by atoms with Gasteiger partial charge in [-0.3, -0.25) is 0 Å². The highest BCUT2D eigenvalue weighted by molar-refractivity contribution is 4.51. The van der Waals surface area contributed by atoms with Gasteiger partial charge in [0, 0.05) is 13.7 Å².